The summed E-state index contributed by atoms with van der Waals surface area (Å²) >= 11 is 0. The molecule has 26 valence electrons. The van der Waals surface area contributed by atoms with Gasteiger partial charge in [0.25, 0.3) is 0 Å². The van der Waals surface area contributed by atoms with Gasteiger partial charge in [0.15, 0.2) is 0 Å². The van der Waals surface area contributed by atoms with Gasteiger partial charge in [-0.15, -0.1) is 0 Å². The molecule has 0 N–H and O–H groups in total. The second-order valence-corrected chi connectivity index (χ2v) is 0.671. The monoisotopic (exact) mass is 263 g/mol. The van der Waals surface area contributed by atoms with E-state index in [1.54, 1.807) is 0 Å². The van der Waals surface area contributed by atoms with E-state index < -0.39 is 8.60 Å². The fraction of sp³-hybridized carbons (Fsp3) is 0. The quantitative estimate of drug-likeness (QED) is 0.337. The summed E-state index contributed by atoms with van der Waals surface area (Å²) in [5.74, 6) is 0. The summed E-state index contributed by atoms with van der Waals surface area (Å²) in [5.41, 5.74) is 0. The minimum Gasteiger partial charge on any atom is -0.854 e. The van der Waals surface area contributed by atoms with E-state index in [2.05, 4.69) is 0 Å². The van der Waals surface area contributed by atoms with Crippen LogP contribution in [-0.2, 0) is 0 Å². The summed E-state index contributed by atoms with van der Waals surface area (Å²) in [6, 6.07) is 0. The fourth-order valence-corrected chi connectivity index (χ4v) is 0. The topological polar surface area (TPSA) is 69.2 Å². The summed E-state index contributed by atoms with van der Waals surface area (Å²) in [7, 11) is -3.37. The van der Waals surface area contributed by atoms with E-state index in [0.29, 0.717) is 0 Å². The van der Waals surface area contributed by atoms with Gasteiger partial charge in [0, 0.05) is 0 Å². The molecule has 0 radical (unpaired) electrons. The first-order chi connectivity index (χ1) is 1.73. The predicted octanol–water partition coefficient (Wildman–Crippen LogP) is -3.47. The average molecular weight is 264 g/mol. The molecular weight excluding hydrogens is 264 g/mol. The van der Waals surface area contributed by atoms with Crippen molar-refractivity contribution in [2.45, 2.75) is 0 Å². The van der Waals surface area contributed by atoms with Crippen molar-refractivity contribution in [1.82, 2.24) is 0 Å². The van der Waals surface area contributed by atoms with E-state index in [-0.39, 0.29) is 45.6 Å². The molecule has 0 spiro atoms. The van der Waals surface area contributed by atoms with Crippen molar-refractivity contribution in [1.29, 1.82) is 0 Å². The van der Waals surface area contributed by atoms with Crippen LogP contribution in [0.1, 0.15) is 0 Å². The molecule has 0 aliphatic carbocycles. The van der Waals surface area contributed by atoms with Gasteiger partial charge in [0.1, 0.15) is 0 Å². The van der Waals surface area contributed by atoms with E-state index in [1.165, 1.54) is 0 Å². The molecule has 0 aliphatic heterocycles. The largest absolute Gasteiger partial charge is 3.00 e. The Balaban J connectivity index is -0.0000000450. The van der Waals surface area contributed by atoms with E-state index in [1.807, 2.05) is 0 Å². The van der Waals surface area contributed by atoms with Crippen LogP contribution in [0, 0.1) is 0 Å². The Morgan fingerprint density at radius 3 is 1.00 bits per heavy atom. The van der Waals surface area contributed by atoms with Gasteiger partial charge in [-0.2, -0.15) is 0 Å². The molecule has 6 heavy (non-hydrogen) atoms. The van der Waals surface area contributed by atoms with Gasteiger partial charge in [-0.05, 0) is 0 Å². The Morgan fingerprint density at radius 1 is 1.00 bits per heavy atom. The number of hydrogen-bond donors (Lipinski definition) is 0. The molecule has 0 aromatic rings. The molecule has 0 heterocycles. The van der Waals surface area contributed by atoms with Gasteiger partial charge >= 0.3 is 45.6 Å². The van der Waals surface area contributed by atoms with E-state index in [9.17, 15) is 0 Å². The molecule has 0 saturated carbocycles. The maximum atomic E-state index is 8.48. The smallest absolute Gasteiger partial charge is 0.854 e. The summed E-state index contributed by atoms with van der Waals surface area (Å²) in [4.78, 5) is 25.4. The zero-order chi connectivity index (χ0) is 3.58. The van der Waals surface area contributed by atoms with Gasteiger partial charge in [-0.25, -0.2) is 0 Å². The van der Waals surface area contributed by atoms with Crippen LogP contribution in [0.4, 0.5) is 0 Å². The van der Waals surface area contributed by atoms with E-state index >= 15 is 0 Å². The molecule has 6 heteroatoms. The van der Waals surface area contributed by atoms with Gasteiger partial charge < -0.3 is 23.3 Å². The third-order valence-electron chi connectivity index (χ3n) is 0. The second kappa shape index (κ2) is 9.94. The first kappa shape index (κ1) is 15.7. The molecule has 3 nitrogen and oxygen atoms in total. The third-order valence-corrected chi connectivity index (χ3v) is 0. The summed E-state index contributed by atoms with van der Waals surface area (Å²) < 4.78 is 0. The number of hydrogen-bond acceptors (Lipinski definition) is 3. The molecular formula is GaInO3P+3. The maximum absolute atomic E-state index is 8.48. The molecule has 0 fully saturated rings. The SMILES string of the molecule is [Ga+3].[In+3].[O-]P([O-])[O-]. The van der Waals surface area contributed by atoms with Crippen molar-refractivity contribution in [3.8, 4) is 0 Å². The van der Waals surface area contributed by atoms with Crippen LogP contribution in [0.25, 0.3) is 0 Å². The molecule has 0 unspecified atom stereocenters. The molecule has 0 rings (SSSR count). The molecule has 0 aliphatic rings. The van der Waals surface area contributed by atoms with Crippen LogP contribution >= 0.6 is 8.60 Å². The van der Waals surface area contributed by atoms with Crippen molar-refractivity contribution in [2.24, 2.45) is 0 Å². The minimum absolute atomic E-state index is 0. The predicted molar refractivity (Wildman–Crippen MR) is 18.4 cm³/mol. The molecule has 0 amide bonds. The van der Waals surface area contributed by atoms with Gasteiger partial charge in [0.2, 0.25) is 0 Å². The molecule has 0 aromatic heterocycles. The van der Waals surface area contributed by atoms with Crippen LogP contribution in [0.2, 0.25) is 0 Å². The summed E-state index contributed by atoms with van der Waals surface area (Å²) in [5, 5.41) is 0. The van der Waals surface area contributed by atoms with Crippen LogP contribution in [0.3, 0.4) is 0 Å². The van der Waals surface area contributed by atoms with Gasteiger partial charge in [-0.1, -0.05) is 0 Å². The Bertz CT molecular complexity index is 15.5. The molecule has 0 atom stereocenters. The number of rotatable bonds is 0. The second-order valence-electron chi connectivity index (χ2n) is 0.224. The maximum Gasteiger partial charge on any atom is 3.00 e. The first-order valence-electron chi connectivity index (χ1n) is 0.548. The van der Waals surface area contributed by atoms with E-state index in [0.717, 1.165) is 0 Å². The van der Waals surface area contributed by atoms with Crippen LogP contribution in [0.15, 0.2) is 0 Å². The minimum atomic E-state index is -3.37. The Hall–Kier alpha value is 1.82. The van der Waals surface area contributed by atoms with Gasteiger partial charge in [-0.3, -0.25) is 0 Å². The van der Waals surface area contributed by atoms with Crippen molar-refractivity contribution in [3.63, 3.8) is 0 Å². The van der Waals surface area contributed by atoms with Crippen molar-refractivity contribution in [3.05, 3.63) is 0 Å². The zero-order valence-corrected chi connectivity index (χ0v) is 9.44. The first-order valence-corrected chi connectivity index (χ1v) is 1.64. The van der Waals surface area contributed by atoms with Crippen molar-refractivity contribution in [2.75, 3.05) is 0 Å². The average Bonchev–Trinajstić information content (AvgIpc) is 0.811. The fourth-order valence-electron chi connectivity index (χ4n) is 0. The van der Waals surface area contributed by atoms with Crippen LogP contribution in [0.5, 0.6) is 0 Å². The van der Waals surface area contributed by atoms with Crippen LogP contribution in [-0.4, -0.2) is 45.6 Å². The summed E-state index contributed by atoms with van der Waals surface area (Å²) in [6.45, 7) is 0. The molecule has 0 saturated heterocycles. The Labute approximate surface area is 68.6 Å². The Kier molecular flexibility index (Phi) is 25.9. The van der Waals surface area contributed by atoms with E-state index in [4.69, 9.17) is 14.7 Å². The Morgan fingerprint density at radius 2 is 1.00 bits per heavy atom. The molecule has 0 aromatic carbocycles. The van der Waals surface area contributed by atoms with Gasteiger partial charge in [0.05, 0.1) is 0 Å². The van der Waals surface area contributed by atoms with Crippen LogP contribution < -0.4 is 14.7 Å². The molecule has 0 bridgehead atoms. The summed E-state index contributed by atoms with van der Waals surface area (Å²) in [6.07, 6.45) is 0. The van der Waals surface area contributed by atoms with Crippen molar-refractivity contribution >= 4 is 54.2 Å². The zero-order valence-electron chi connectivity index (χ0n) is 2.83. The van der Waals surface area contributed by atoms with Crippen molar-refractivity contribution < 1.29 is 14.7 Å². The standard InChI is InChI=1S/Ga.In.O3P/c;;1-4(2)3/q2*+3;-3. The normalized spacial score (nSPS) is 6.00. The third kappa shape index (κ3) is 40.9.